The lowest BCUT2D eigenvalue weighted by Gasteiger charge is -2.36. The van der Waals surface area contributed by atoms with Gasteiger partial charge in [0, 0.05) is 30.8 Å². The number of nitrogens with one attached hydrogen (secondary N) is 1. The second kappa shape index (κ2) is 7.57. The lowest BCUT2D eigenvalue weighted by molar-refractivity contribution is -0.385. The number of nitro benzene ring substituents is 1. The minimum absolute atomic E-state index is 0. The zero-order chi connectivity index (χ0) is 13.8. The number of hydrogen-bond acceptors (Lipinski definition) is 4. The fourth-order valence-corrected chi connectivity index (χ4v) is 2.70. The van der Waals surface area contributed by atoms with Crippen molar-refractivity contribution in [2.24, 2.45) is 0 Å². The molecule has 0 amide bonds. The first kappa shape index (κ1) is 16.9. The molecule has 0 aromatic heterocycles. The van der Waals surface area contributed by atoms with Crippen LogP contribution in [0.4, 0.5) is 5.69 Å². The quantitative estimate of drug-likeness (QED) is 0.686. The molecule has 1 fully saturated rings. The van der Waals surface area contributed by atoms with Crippen molar-refractivity contribution in [1.29, 1.82) is 0 Å². The van der Waals surface area contributed by atoms with E-state index < -0.39 is 0 Å². The molecule has 1 heterocycles. The molecule has 0 spiro atoms. The van der Waals surface area contributed by atoms with E-state index in [9.17, 15) is 10.1 Å². The molecule has 6 heteroatoms. The molecule has 20 heavy (non-hydrogen) atoms. The third-order valence-electron chi connectivity index (χ3n) is 3.97. The molecular formula is C14H22ClN3O2. The third kappa shape index (κ3) is 3.91. The summed E-state index contributed by atoms with van der Waals surface area (Å²) in [6, 6.07) is 7.71. The summed E-state index contributed by atoms with van der Waals surface area (Å²) in [5, 5.41) is 14.2. The lowest BCUT2D eigenvalue weighted by atomic mass is 10.0. The largest absolute Gasteiger partial charge is 0.316 e. The summed E-state index contributed by atoms with van der Waals surface area (Å²) >= 11 is 0. The molecule has 1 aliphatic heterocycles. The van der Waals surface area contributed by atoms with Gasteiger partial charge in [-0.15, -0.1) is 12.4 Å². The maximum absolute atomic E-state index is 10.8. The maximum Gasteiger partial charge on any atom is 0.269 e. The van der Waals surface area contributed by atoms with Crippen molar-refractivity contribution in [2.45, 2.75) is 31.8 Å². The summed E-state index contributed by atoms with van der Waals surface area (Å²) in [4.78, 5) is 12.9. The van der Waals surface area contributed by atoms with Crippen LogP contribution in [0.5, 0.6) is 0 Å². The average molecular weight is 300 g/mol. The van der Waals surface area contributed by atoms with Gasteiger partial charge in [0.1, 0.15) is 0 Å². The predicted molar refractivity (Wildman–Crippen MR) is 82.4 cm³/mol. The van der Waals surface area contributed by atoms with E-state index in [1.54, 1.807) is 18.2 Å². The van der Waals surface area contributed by atoms with Gasteiger partial charge in [0.15, 0.2) is 0 Å². The summed E-state index contributed by atoms with van der Waals surface area (Å²) in [5.41, 5.74) is 1.19. The minimum Gasteiger partial charge on any atom is -0.316 e. The van der Waals surface area contributed by atoms with Gasteiger partial charge < -0.3 is 5.32 Å². The van der Waals surface area contributed by atoms with Crippen LogP contribution < -0.4 is 5.32 Å². The number of rotatable bonds is 4. The molecule has 0 radical (unpaired) electrons. The van der Waals surface area contributed by atoms with Crippen LogP contribution >= 0.6 is 12.4 Å². The van der Waals surface area contributed by atoms with Crippen LogP contribution in [-0.4, -0.2) is 36.0 Å². The molecule has 2 atom stereocenters. The second-order valence-electron chi connectivity index (χ2n) is 5.15. The summed E-state index contributed by atoms with van der Waals surface area (Å²) in [5.74, 6) is 0. The Bertz CT molecular complexity index is 456. The molecule has 1 aromatic carbocycles. The van der Waals surface area contributed by atoms with E-state index >= 15 is 0 Å². The molecule has 112 valence electrons. The maximum atomic E-state index is 10.8. The van der Waals surface area contributed by atoms with Gasteiger partial charge in [-0.25, -0.2) is 0 Å². The van der Waals surface area contributed by atoms with Crippen LogP contribution in [0.3, 0.4) is 0 Å². The van der Waals surface area contributed by atoms with E-state index in [0.717, 1.165) is 18.7 Å². The van der Waals surface area contributed by atoms with Gasteiger partial charge in [-0.05, 0) is 38.9 Å². The second-order valence-corrected chi connectivity index (χ2v) is 5.15. The fourth-order valence-electron chi connectivity index (χ4n) is 2.70. The number of likely N-dealkylation sites (N-methyl/N-ethyl adjacent to an activating group) is 1. The number of piperidine rings is 1. The van der Waals surface area contributed by atoms with Crippen molar-refractivity contribution in [3.05, 3.63) is 39.9 Å². The number of nitrogens with zero attached hydrogens (tertiary/aromatic N) is 2. The van der Waals surface area contributed by atoms with Crippen molar-refractivity contribution in [3.8, 4) is 0 Å². The van der Waals surface area contributed by atoms with Crippen LogP contribution in [0.1, 0.15) is 31.4 Å². The molecule has 1 saturated heterocycles. The van der Waals surface area contributed by atoms with Crippen molar-refractivity contribution in [1.82, 2.24) is 10.2 Å². The van der Waals surface area contributed by atoms with Gasteiger partial charge in [-0.1, -0.05) is 12.1 Å². The summed E-state index contributed by atoms with van der Waals surface area (Å²) in [6.45, 7) is 4.18. The zero-order valence-corrected chi connectivity index (χ0v) is 12.7. The number of benzene rings is 1. The number of likely N-dealkylation sites (tertiary alicyclic amines) is 1. The molecule has 0 aliphatic carbocycles. The highest BCUT2D eigenvalue weighted by molar-refractivity contribution is 5.85. The Morgan fingerprint density at radius 3 is 2.90 bits per heavy atom. The van der Waals surface area contributed by atoms with Crippen molar-refractivity contribution >= 4 is 18.1 Å². The minimum atomic E-state index is -0.331. The highest BCUT2D eigenvalue weighted by Crippen LogP contribution is 2.26. The summed E-state index contributed by atoms with van der Waals surface area (Å²) in [6.07, 6.45) is 2.37. The normalized spacial score (nSPS) is 21.0. The molecule has 2 unspecified atom stereocenters. The molecule has 5 nitrogen and oxygen atoms in total. The van der Waals surface area contributed by atoms with Gasteiger partial charge in [0.2, 0.25) is 0 Å². The van der Waals surface area contributed by atoms with Gasteiger partial charge in [-0.3, -0.25) is 15.0 Å². The molecule has 2 rings (SSSR count). The van der Waals surface area contributed by atoms with Crippen LogP contribution in [-0.2, 0) is 0 Å². The van der Waals surface area contributed by atoms with Crippen molar-refractivity contribution in [2.75, 3.05) is 20.1 Å². The first-order chi connectivity index (χ1) is 9.11. The standard InChI is InChI=1S/C14H21N3O2.ClH/c1-11(16-8-4-6-13(10-16)15-2)12-5-3-7-14(9-12)17(18)19;/h3,5,7,9,11,13,15H,4,6,8,10H2,1-2H3;1H. The van der Waals surface area contributed by atoms with Gasteiger partial charge in [0.05, 0.1) is 4.92 Å². The number of nitro groups is 1. The van der Waals surface area contributed by atoms with E-state index in [2.05, 4.69) is 17.1 Å². The average Bonchev–Trinajstić information content (AvgIpc) is 2.46. The molecule has 1 aliphatic rings. The number of non-ortho nitro benzene ring substituents is 1. The SMILES string of the molecule is CNC1CCCN(C(C)c2cccc([N+](=O)[O-])c2)C1.Cl. The Morgan fingerprint density at radius 2 is 2.25 bits per heavy atom. The summed E-state index contributed by atoms with van der Waals surface area (Å²) in [7, 11) is 1.99. The van der Waals surface area contributed by atoms with Crippen molar-refractivity contribution in [3.63, 3.8) is 0 Å². The van der Waals surface area contributed by atoms with Crippen LogP contribution in [0.15, 0.2) is 24.3 Å². The number of hydrogen-bond donors (Lipinski definition) is 1. The highest BCUT2D eigenvalue weighted by atomic mass is 35.5. The highest BCUT2D eigenvalue weighted by Gasteiger charge is 2.24. The van der Waals surface area contributed by atoms with E-state index in [4.69, 9.17) is 0 Å². The molecule has 0 bridgehead atoms. The van der Waals surface area contributed by atoms with Crippen LogP contribution in [0.2, 0.25) is 0 Å². The van der Waals surface area contributed by atoms with Crippen LogP contribution in [0.25, 0.3) is 0 Å². The van der Waals surface area contributed by atoms with E-state index in [1.807, 2.05) is 13.1 Å². The number of halogens is 1. The van der Waals surface area contributed by atoms with Gasteiger partial charge >= 0.3 is 0 Å². The lowest BCUT2D eigenvalue weighted by Crippen LogP contribution is -2.45. The monoisotopic (exact) mass is 299 g/mol. The molecule has 0 saturated carbocycles. The first-order valence-electron chi connectivity index (χ1n) is 6.77. The first-order valence-corrected chi connectivity index (χ1v) is 6.77. The smallest absolute Gasteiger partial charge is 0.269 e. The Balaban J connectivity index is 0.00000200. The van der Waals surface area contributed by atoms with E-state index in [-0.39, 0.29) is 29.1 Å². The van der Waals surface area contributed by atoms with Crippen molar-refractivity contribution < 1.29 is 4.92 Å². The molecular weight excluding hydrogens is 278 g/mol. The Labute approximate surface area is 125 Å². The van der Waals surface area contributed by atoms with E-state index in [1.165, 1.54) is 12.8 Å². The Hall–Kier alpha value is -1.17. The topological polar surface area (TPSA) is 58.4 Å². The van der Waals surface area contributed by atoms with Crippen LogP contribution in [0, 0.1) is 10.1 Å². The van der Waals surface area contributed by atoms with Gasteiger partial charge in [-0.2, -0.15) is 0 Å². The summed E-state index contributed by atoms with van der Waals surface area (Å²) < 4.78 is 0. The van der Waals surface area contributed by atoms with E-state index in [0.29, 0.717) is 6.04 Å². The zero-order valence-electron chi connectivity index (χ0n) is 11.9. The predicted octanol–water partition coefficient (Wildman–Crippen LogP) is 2.76. The Morgan fingerprint density at radius 1 is 1.50 bits per heavy atom. The molecule has 1 N–H and O–H groups in total. The Kier molecular flexibility index (Phi) is 6.39. The molecule has 1 aromatic rings. The van der Waals surface area contributed by atoms with Gasteiger partial charge in [0.25, 0.3) is 5.69 Å². The third-order valence-corrected chi connectivity index (χ3v) is 3.97. The fraction of sp³-hybridized carbons (Fsp3) is 0.571.